The van der Waals surface area contributed by atoms with Gasteiger partial charge in [-0.15, -0.1) is 0 Å². The second-order valence-electron chi connectivity index (χ2n) is 7.25. The van der Waals surface area contributed by atoms with Gasteiger partial charge in [-0.3, -0.25) is 0 Å². The van der Waals surface area contributed by atoms with Crippen molar-refractivity contribution in [3.8, 4) is 10.9 Å². The summed E-state index contributed by atoms with van der Waals surface area (Å²) in [6, 6.07) is 10.7. The normalized spacial score (nSPS) is 16.2. The first kappa shape index (κ1) is 20.1. The number of aryl methyl sites for hydroxylation is 2. The number of rotatable bonds is 5. The zero-order chi connectivity index (χ0) is 20.6. The number of piperidine rings is 1. The average molecular weight is 433 g/mol. The molecule has 6 nitrogen and oxygen atoms in total. The summed E-state index contributed by atoms with van der Waals surface area (Å²) in [6.07, 6.45) is 1.26. The highest BCUT2D eigenvalue weighted by atomic mass is 32.2. The molecule has 0 saturated carbocycles. The number of thiazole rings is 1. The zero-order valence-corrected chi connectivity index (χ0v) is 18.3. The molecule has 0 N–H and O–H groups in total. The first-order valence-electron chi connectivity index (χ1n) is 9.56. The van der Waals surface area contributed by atoms with E-state index in [4.69, 9.17) is 9.47 Å². The molecule has 154 valence electrons. The number of aromatic nitrogens is 1. The summed E-state index contributed by atoms with van der Waals surface area (Å²) in [5.41, 5.74) is 3.32. The molecule has 0 radical (unpaired) electrons. The van der Waals surface area contributed by atoms with Crippen LogP contribution in [0.5, 0.6) is 10.9 Å². The molecule has 1 saturated heterocycles. The maximum absolute atomic E-state index is 12.9. The van der Waals surface area contributed by atoms with Crippen molar-refractivity contribution in [2.24, 2.45) is 0 Å². The van der Waals surface area contributed by atoms with Crippen molar-refractivity contribution in [2.75, 3.05) is 20.2 Å². The molecule has 4 rings (SSSR count). The summed E-state index contributed by atoms with van der Waals surface area (Å²) >= 11 is 1.56. The Labute approximate surface area is 175 Å². The molecule has 2 aromatic carbocycles. The summed E-state index contributed by atoms with van der Waals surface area (Å²) in [7, 11) is -1.95. The highest BCUT2D eigenvalue weighted by Crippen LogP contribution is 2.34. The number of sulfonamides is 1. The summed E-state index contributed by atoms with van der Waals surface area (Å²) in [5, 5.41) is 0.661. The lowest BCUT2D eigenvalue weighted by Gasteiger charge is -2.30. The fraction of sp³-hybridized carbons (Fsp3) is 0.381. The Balaban J connectivity index is 1.43. The molecule has 1 aliphatic heterocycles. The van der Waals surface area contributed by atoms with Crippen molar-refractivity contribution in [2.45, 2.75) is 37.7 Å². The molecule has 2 heterocycles. The van der Waals surface area contributed by atoms with Gasteiger partial charge < -0.3 is 9.47 Å². The van der Waals surface area contributed by atoms with Crippen LogP contribution in [0.15, 0.2) is 41.3 Å². The number of hydrogen-bond acceptors (Lipinski definition) is 6. The molecule has 3 aromatic rings. The van der Waals surface area contributed by atoms with E-state index in [0.717, 1.165) is 15.8 Å². The van der Waals surface area contributed by atoms with E-state index < -0.39 is 10.0 Å². The third-order valence-electron chi connectivity index (χ3n) is 5.29. The smallest absolute Gasteiger partial charge is 0.274 e. The van der Waals surface area contributed by atoms with Crippen LogP contribution in [0, 0.1) is 13.8 Å². The Bertz CT molecular complexity index is 1080. The van der Waals surface area contributed by atoms with Crippen LogP contribution in [0.25, 0.3) is 10.2 Å². The van der Waals surface area contributed by atoms with E-state index in [0.29, 0.717) is 36.9 Å². The molecule has 29 heavy (non-hydrogen) atoms. The molecule has 0 aliphatic carbocycles. The van der Waals surface area contributed by atoms with E-state index in [9.17, 15) is 8.42 Å². The van der Waals surface area contributed by atoms with Gasteiger partial charge in [0.05, 0.1) is 22.2 Å². The Hall–Kier alpha value is -2.16. The van der Waals surface area contributed by atoms with Gasteiger partial charge in [0.1, 0.15) is 11.9 Å². The van der Waals surface area contributed by atoms with Crippen LogP contribution in [0.3, 0.4) is 0 Å². The lowest BCUT2D eigenvalue weighted by atomic mass is 10.1. The Kier molecular flexibility index (Phi) is 5.50. The molecular weight excluding hydrogens is 408 g/mol. The number of fused-ring (bicyclic) bond motifs is 1. The van der Waals surface area contributed by atoms with Gasteiger partial charge in [0.15, 0.2) is 0 Å². The maximum Gasteiger partial charge on any atom is 0.274 e. The quantitative estimate of drug-likeness (QED) is 0.606. The monoisotopic (exact) mass is 432 g/mol. The van der Waals surface area contributed by atoms with E-state index >= 15 is 0 Å². The van der Waals surface area contributed by atoms with Crippen LogP contribution in [0.4, 0.5) is 0 Å². The first-order valence-corrected chi connectivity index (χ1v) is 11.8. The molecule has 1 fully saturated rings. The number of ether oxygens (including phenoxy) is 2. The van der Waals surface area contributed by atoms with E-state index in [1.807, 2.05) is 6.92 Å². The highest BCUT2D eigenvalue weighted by molar-refractivity contribution is 7.89. The van der Waals surface area contributed by atoms with Crippen LogP contribution >= 0.6 is 11.3 Å². The molecule has 1 aliphatic rings. The summed E-state index contributed by atoms with van der Waals surface area (Å²) in [5.74, 6) is 0.636. The van der Waals surface area contributed by atoms with Crippen molar-refractivity contribution in [3.05, 3.63) is 47.5 Å². The predicted molar refractivity (Wildman–Crippen MR) is 114 cm³/mol. The SMILES string of the molecule is COc1ccc(S(=O)(=O)N2CCC(Oc3nc4c(C)ccc(C)c4s3)CC2)cc1. The van der Waals surface area contributed by atoms with Crippen LogP contribution in [0.2, 0.25) is 0 Å². The van der Waals surface area contributed by atoms with E-state index in [1.54, 1.807) is 42.7 Å². The Morgan fingerprint density at radius 1 is 1.03 bits per heavy atom. The Morgan fingerprint density at radius 3 is 2.31 bits per heavy atom. The molecule has 8 heteroatoms. The second kappa shape index (κ2) is 7.93. The molecule has 0 atom stereocenters. The van der Waals surface area contributed by atoms with Gasteiger partial charge in [0, 0.05) is 13.1 Å². The second-order valence-corrected chi connectivity index (χ2v) is 10.2. The molecule has 1 aromatic heterocycles. The molecule has 0 bridgehead atoms. The minimum atomic E-state index is -3.51. The van der Waals surface area contributed by atoms with Crippen molar-refractivity contribution < 1.29 is 17.9 Å². The van der Waals surface area contributed by atoms with Crippen molar-refractivity contribution >= 4 is 31.6 Å². The average Bonchev–Trinajstić information content (AvgIpc) is 3.16. The summed E-state index contributed by atoms with van der Waals surface area (Å²) < 4.78 is 39.7. The summed E-state index contributed by atoms with van der Waals surface area (Å²) in [6.45, 7) is 4.99. The van der Waals surface area contributed by atoms with Crippen LogP contribution in [0.1, 0.15) is 24.0 Å². The number of nitrogens with zero attached hydrogens (tertiary/aromatic N) is 2. The maximum atomic E-state index is 12.9. The standard InChI is InChI=1S/C21H24N2O4S2/c1-14-4-5-15(2)20-19(14)22-21(28-20)27-17-10-12-23(13-11-17)29(24,25)18-8-6-16(26-3)7-9-18/h4-9,17H,10-13H2,1-3H3. The largest absolute Gasteiger partial charge is 0.497 e. The van der Waals surface area contributed by atoms with Gasteiger partial charge in [-0.05, 0) is 62.1 Å². The topological polar surface area (TPSA) is 68.7 Å². The minimum Gasteiger partial charge on any atom is -0.497 e. The predicted octanol–water partition coefficient (Wildman–Crippen LogP) is 4.15. The van der Waals surface area contributed by atoms with Gasteiger partial charge in [0.2, 0.25) is 10.0 Å². The van der Waals surface area contributed by atoms with Crippen molar-refractivity contribution in [1.82, 2.24) is 9.29 Å². The first-order chi connectivity index (χ1) is 13.9. The fourth-order valence-electron chi connectivity index (χ4n) is 3.52. The molecule has 0 amide bonds. The molecule has 0 spiro atoms. The van der Waals surface area contributed by atoms with Gasteiger partial charge in [-0.1, -0.05) is 23.5 Å². The molecular formula is C21H24N2O4S2. The van der Waals surface area contributed by atoms with Crippen LogP contribution < -0.4 is 9.47 Å². The highest BCUT2D eigenvalue weighted by Gasteiger charge is 2.30. The third-order valence-corrected chi connectivity index (χ3v) is 8.28. The molecule has 0 unspecified atom stereocenters. The zero-order valence-electron chi connectivity index (χ0n) is 16.7. The van der Waals surface area contributed by atoms with Gasteiger partial charge in [-0.2, -0.15) is 4.31 Å². The van der Waals surface area contributed by atoms with Crippen molar-refractivity contribution in [1.29, 1.82) is 0 Å². The van der Waals surface area contributed by atoms with Gasteiger partial charge in [-0.25, -0.2) is 13.4 Å². The van der Waals surface area contributed by atoms with E-state index in [1.165, 1.54) is 9.87 Å². The Morgan fingerprint density at radius 2 is 1.69 bits per heavy atom. The van der Waals surface area contributed by atoms with Crippen LogP contribution in [-0.4, -0.2) is 44.0 Å². The van der Waals surface area contributed by atoms with E-state index in [2.05, 4.69) is 24.0 Å². The lowest BCUT2D eigenvalue weighted by Crippen LogP contribution is -2.41. The number of hydrogen-bond donors (Lipinski definition) is 0. The van der Waals surface area contributed by atoms with E-state index in [-0.39, 0.29) is 11.0 Å². The number of methoxy groups -OCH3 is 1. The fourth-order valence-corrected chi connectivity index (χ4v) is 6.02. The van der Waals surface area contributed by atoms with Crippen LogP contribution in [-0.2, 0) is 10.0 Å². The third kappa shape index (κ3) is 3.97. The summed E-state index contributed by atoms with van der Waals surface area (Å²) in [4.78, 5) is 4.94. The minimum absolute atomic E-state index is 0.0292. The lowest BCUT2D eigenvalue weighted by molar-refractivity contribution is 0.135. The number of benzene rings is 2. The van der Waals surface area contributed by atoms with Crippen molar-refractivity contribution in [3.63, 3.8) is 0 Å². The van der Waals surface area contributed by atoms with Gasteiger partial charge >= 0.3 is 0 Å². The van der Waals surface area contributed by atoms with Gasteiger partial charge in [0.25, 0.3) is 5.19 Å².